The summed E-state index contributed by atoms with van der Waals surface area (Å²) in [5, 5.41) is 9.46. The van der Waals surface area contributed by atoms with Crippen LogP contribution in [0, 0.1) is 11.3 Å². The van der Waals surface area contributed by atoms with Crippen molar-refractivity contribution in [1.29, 1.82) is 5.26 Å². The van der Waals surface area contributed by atoms with Crippen LogP contribution >= 0.6 is 0 Å². The van der Waals surface area contributed by atoms with Gasteiger partial charge in [0, 0.05) is 29.9 Å². The highest BCUT2D eigenvalue weighted by Gasteiger charge is 2.31. The first-order chi connectivity index (χ1) is 12.6. The van der Waals surface area contributed by atoms with Gasteiger partial charge in [0.25, 0.3) is 0 Å². The van der Waals surface area contributed by atoms with Crippen LogP contribution in [0.3, 0.4) is 0 Å². The smallest absolute Gasteiger partial charge is 0.352 e. The second kappa shape index (κ2) is 6.53. The Morgan fingerprint density at radius 2 is 2.12 bits per heavy atom. The van der Waals surface area contributed by atoms with Crippen molar-refractivity contribution in [3.05, 3.63) is 40.2 Å². The summed E-state index contributed by atoms with van der Waals surface area (Å²) in [5.41, 5.74) is 5.93. The number of hydrogen-bond donors (Lipinski definition) is 0. The molecular formula is C21H22N2O3. The zero-order valence-electron chi connectivity index (χ0n) is 15.2. The fourth-order valence-corrected chi connectivity index (χ4v) is 4.18. The van der Waals surface area contributed by atoms with Crippen molar-refractivity contribution in [2.75, 3.05) is 24.6 Å². The minimum atomic E-state index is -0.634. The molecule has 0 saturated carbocycles. The van der Waals surface area contributed by atoms with Crippen molar-refractivity contribution < 1.29 is 14.3 Å². The third kappa shape index (κ3) is 2.57. The number of anilines is 1. The van der Waals surface area contributed by atoms with Crippen LogP contribution in [0.15, 0.2) is 23.5 Å². The lowest BCUT2D eigenvalue weighted by Gasteiger charge is -2.39. The molecule has 0 radical (unpaired) electrons. The molecule has 0 atom stereocenters. The van der Waals surface area contributed by atoms with Crippen molar-refractivity contribution >= 4 is 17.2 Å². The molecule has 1 aromatic carbocycles. The quantitative estimate of drug-likeness (QED) is 0.464. The first-order valence-corrected chi connectivity index (χ1v) is 9.25. The summed E-state index contributed by atoms with van der Waals surface area (Å²) in [7, 11) is 0. The Kier molecular flexibility index (Phi) is 4.20. The van der Waals surface area contributed by atoms with Crippen molar-refractivity contribution in [3.63, 3.8) is 0 Å². The van der Waals surface area contributed by atoms with Gasteiger partial charge in [-0.1, -0.05) is 0 Å². The van der Waals surface area contributed by atoms with E-state index in [1.54, 1.807) is 13.0 Å². The Bertz CT molecular complexity index is 887. The van der Waals surface area contributed by atoms with E-state index in [0.717, 1.165) is 49.2 Å². The molecule has 0 fully saturated rings. The molecule has 0 saturated heterocycles. The highest BCUT2D eigenvalue weighted by Crippen LogP contribution is 2.47. The van der Waals surface area contributed by atoms with Gasteiger partial charge in [0.1, 0.15) is 11.8 Å². The zero-order chi connectivity index (χ0) is 18.3. The number of aryl methyl sites for hydroxylation is 1. The Labute approximate surface area is 153 Å². The maximum Gasteiger partial charge on any atom is 0.352 e. The summed E-state index contributed by atoms with van der Waals surface area (Å²) in [6.45, 7) is 6.13. The van der Waals surface area contributed by atoms with Crippen LogP contribution < -0.4 is 9.64 Å². The molecule has 26 heavy (non-hydrogen) atoms. The van der Waals surface area contributed by atoms with E-state index < -0.39 is 5.97 Å². The molecule has 0 spiro atoms. The Balaban J connectivity index is 1.87. The summed E-state index contributed by atoms with van der Waals surface area (Å²) in [4.78, 5) is 14.6. The molecule has 1 aromatic rings. The lowest BCUT2D eigenvalue weighted by molar-refractivity contribution is -0.138. The summed E-state index contributed by atoms with van der Waals surface area (Å²) < 4.78 is 11.2. The van der Waals surface area contributed by atoms with Gasteiger partial charge in [-0.15, -0.1) is 0 Å². The molecule has 0 aromatic heterocycles. The molecule has 0 bridgehead atoms. The van der Waals surface area contributed by atoms with Crippen molar-refractivity contribution in [2.24, 2.45) is 0 Å². The van der Waals surface area contributed by atoms with Gasteiger partial charge >= 0.3 is 5.97 Å². The Morgan fingerprint density at radius 1 is 1.35 bits per heavy atom. The lowest BCUT2D eigenvalue weighted by atomic mass is 9.86. The van der Waals surface area contributed by atoms with Gasteiger partial charge in [0.2, 0.25) is 0 Å². The number of allylic oxidation sites excluding steroid dienone is 2. The largest absolute Gasteiger partial charge is 0.462 e. The zero-order valence-corrected chi connectivity index (χ0v) is 15.2. The maximum absolute atomic E-state index is 12.1. The molecule has 3 heterocycles. The first-order valence-electron chi connectivity index (χ1n) is 9.25. The highest BCUT2D eigenvalue weighted by atomic mass is 16.5. The number of benzene rings is 1. The predicted octanol–water partition coefficient (Wildman–Crippen LogP) is 3.52. The summed E-state index contributed by atoms with van der Waals surface area (Å²) in [6.07, 6.45) is 6.11. The van der Waals surface area contributed by atoms with Crippen molar-refractivity contribution in [1.82, 2.24) is 0 Å². The third-order valence-corrected chi connectivity index (χ3v) is 5.29. The number of carbonyl (C=O) groups is 1. The summed E-state index contributed by atoms with van der Waals surface area (Å²) in [6, 6.07) is 4.18. The number of esters is 1. The third-order valence-electron chi connectivity index (χ3n) is 5.29. The van der Waals surface area contributed by atoms with Crippen LogP contribution in [0.1, 0.15) is 43.4 Å². The average molecular weight is 350 g/mol. The molecule has 3 aliphatic heterocycles. The number of ether oxygens (including phenoxy) is 2. The second-order valence-corrected chi connectivity index (χ2v) is 6.93. The first kappa shape index (κ1) is 16.7. The van der Waals surface area contributed by atoms with E-state index in [1.165, 1.54) is 23.2 Å². The van der Waals surface area contributed by atoms with Crippen molar-refractivity contribution in [2.45, 2.75) is 39.5 Å². The molecule has 0 unspecified atom stereocenters. The van der Waals surface area contributed by atoms with E-state index in [2.05, 4.69) is 11.0 Å². The SMILES string of the molecule is CCOC(=O)C(C#N)=C1C=C(C)c2cc3c4c(c2O1)CCCN4CCC3. The molecule has 4 rings (SSSR count). The second-order valence-electron chi connectivity index (χ2n) is 6.93. The molecule has 5 nitrogen and oxygen atoms in total. The van der Waals surface area contributed by atoms with Crippen LogP contribution in [0.25, 0.3) is 5.57 Å². The van der Waals surface area contributed by atoms with E-state index >= 15 is 0 Å². The maximum atomic E-state index is 12.1. The number of carbonyl (C=O) groups excluding carboxylic acids is 1. The Morgan fingerprint density at radius 3 is 2.85 bits per heavy atom. The van der Waals surface area contributed by atoms with E-state index in [0.29, 0.717) is 5.76 Å². The van der Waals surface area contributed by atoms with Gasteiger partial charge < -0.3 is 14.4 Å². The van der Waals surface area contributed by atoms with Crippen molar-refractivity contribution in [3.8, 4) is 11.8 Å². The topological polar surface area (TPSA) is 62.6 Å². The number of rotatable bonds is 2. The van der Waals surface area contributed by atoms with E-state index in [-0.39, 0.29) is 12.2 Å². The monoisotopic (exact) mass is 350 g/mol. The molecule has 5 heteroatoms. The van der Waals surface area contributed by atoms with Crippen LogP contribution in [-0.2, 0) is 22.4 Å². The minimum Gasteiger partial charge on any atom is -0.462 e. The van der Waals surface area contributed by atoms with E-state index in [9.17, 15) is 10.1 Å². The molecule has 0 amide bonds. The summed E-state index contributed by atoms with van der Waals surface area (Å²) >= 11 is 0. The molecule has 134 valence electrons. The number of fused-ring (bicyclic) bond motifs is 2. The van der Waals surface area contributed by atoms with Crippen LogP contribution in [0.5, 0.6) is 5.75 Å². The van der Waals surface area contributed by atoms with E-state index in [4.69, 9.17) is 9.47 Å². The fraction of sp³-hybridized carbons (Fsp3) is 0.429. The van der Waals surface area contributed by atoms with Crippen LogP contribution in [0.4, 0.5) is 5.69 Å². The van der Waals surface area contributed by atoms with Gasteiger partial charge in [0.15, 0.2) is 11.3 Å². The van der Waals surface area contributed by atoms with Gasteiger partial charge in [-0.2, -0.15) is 5.26 Å². The predicted molar refractivity (Wildman–Crippen MR) is 98.8 cm³/mol. The Hall–Kier alpha value is -2.74. The van der Waals surface area contributed by atoms with Crippen LogP contribution in [-0.4, -0.2) is 25.7 Å². The number of hydrogen-bond acceptors (Lipinski definition) is 5. The molecule has 3 aliphatic rings. The van der Waals surface area contributed by atoms with Gasteiger partial charge in [-0.3, -0.25) is 0 Å². The fourth-order valence-electron chi connectivity index (χ4n) is 4.18. The van der Waals surface area contributed by atoms with Crippen LogP contribution in [0.2, 0.25) is 0 Å². The summed E-state index contributed by atoms with van der Waals surface area (Å²) in [5.74, 6) is 0.466. The van der Waals surface area contributed by atoms with Gasteiger partial charge in [-0.25, -0.2) is 4.79 Å². The lowest BCUT2D eigenvalue weighted by Crippen LogP contribution is -2.35. The molecule has 0 N–H and O–H groups in total. The van der Waals surface area contributed by atoms with Gasteiger partial charge in [0.05, 0.1) is 6.61 Å². The van der Waals surface area contributed by atoms with Gasteiger partial charge in [-0.05, 0) is 62.8 Å². The normalized spacial score (nSPS) is 19.4. The standard InChI is InChI=1S/C21H22N2O3/c1-3-25-21(24)17(12-22)18-10-13(2)16-11-14-6-4-8-23-9-5-7-15(19(14)23)20(16)26-18/h10-11H,3-9H2,1-2H3. The average Bonchev–Trinajstić information content (AvgIpc) is 2.64. The minimum absolute atomic E-state index is 0.0746. The highest BCUT2D eigenvalue weighted by molar-refractivity contribution is 5.95. The number of nitrogens with zero attached hydrogens (tertiary/aromatic N) is 2. The molecular weight excluding hydrogens is 328 g/mol. The number of nitriles is 1. The van der Waals surface area contributed by atoms with E-state index in [1.807, 2.05) is 13.0 Å². The molecule has 0 aliphatic carbocycles.